The molecule has 0 radical (unpaired) electrons. The van der Waals surface area contributed by atoms with Crippen molar-refractivity contribution in [1.82, 2.24) is 0 Å². The average Bonchev–Trinajstić information content (AvgIpc) is 2.01. The van der Waals surface area contributed by atoms with Gasteiger partial charge in [0.15, 0.2) is 0 Å². The minimum absolute atomic E-state index is 0.103. The molecule has 0 saturated carbocycles. The van der Waals surface area contributed by atoms with Crippen molar-refractivity contribution in [1.29, 1.82) is 5.26 Å². The van der Waals surface area contributed by atoms with Gasteiger partial charge in [0, 0.05) is 0 Å². The Bertz CT molecular complexity index is 365. The maximum atomic E-state index is 12.3. The lowest BCUT2D eigenvalue weighted by atomic mass is 9.77. The fraction of sp³-hybridized carbons (Fsp3) is 0.125. The largest absolute Gasteiger partial charge is 0.509 e. The molecule has 1 aromatic rings. The first-order valence-electron chi connectivity index (χ1n) is 3.65. The van der Waals surface area contributed by atoms with Crippen LogP contribution < -0.4 is 5.46 Å². The molecule has 1 aromatic carbocycles. The van der Waals surface area contributed by atoms with E-state index in [9.17, 15) is 12.9 Å². The molecule has 0 atom stereocenters. The predicted octanol–water partition coefficient (Wildman–Crippen LogP) is 1.92. The molecule has 0 bridgehead atoms. The zero-order chi connectivity index (χ0) is 10.1. The summed E-state index contributed by atoms with van der Waals surface area (Å²) in [6.45, 7) is -3.61. The van der Waals surface area contributed by atoms with E-state index in [1.807, 2.05) is 0 Å². The number of aryl methyl sites for hydroxylation is 1. The van der Waals surface area contributed by atoms with Crippen LogP contribution in [0.3, 0.4) is 0 Å². The van der Waals surface area contributed by atoms with E-state index in [-0.39, 0.29) is 11.1 Å². The fourth-order valence-electron chi connectivity index (χ4n) is 1.11. The minimum Gasteiger partial charge on any atom is -0.445 e. The van der Waals surface area contributed by atoms with Gasteiger partial charge < -0.3 is 12.9 Å². The maximum absolute atomic E-state index is 12.3. The first-order valence-corrected chi connectivity index (χ1v) is 3.65. The fourth-order valence-corrected chi connectivity index (χ4v) is 1.11. The van der Waals surface area contributed by atoms with Gasteiger partial charge in [-0.1, -0.05) is 11.6 Å². The molecule has 0 saturated heterocycles. The van der Waals surface area contributed by atoms with E-state index in [1.165, 1.54) is 19.1 Å². The van der Waals surface area contributed by atoms with E-state index in [4.69, 9.17) is 5.26 Å². The van der Waals surface area contributed by atoms with E-state index in [0.717, 1.165) is 6.07 Å². The van der Waals surface area contributed by atoms with Gasteiger partial charge in [0.05, 0.1) is 11.6 Å². The summed E-state index contributed by atoms with van der Waals surface area (Å²) in [7, 11) is 0. The highest BCUT2D eigenvalue weighted by Crippen LogP contribution is 2.12. The first kappa shape index (κ1) is 9.65. The lowest BCUT2D eigenvalue weighted by Crippen LogP contribution is -2.36. The third-order valence-corrected chi connectivity index (χ3v) is 1.75. The summed E-state index contributed by atoms with van der Waals surface area (Å²) in [6, 6.07) is 5.16. The van der Waals surface area contributed by atoms with Crippen LogP contribution in [0.1, 0.15) is 11.1 Å². The van der Waals surface area contributed by atoms with Crippen molar-refractivity contribution >= 4 is 12.4 Å². The van der Waals surface area contributed by atoms with Crippen LogP contribution in [-0.2, 0) is 0 Å². The predicted molar refractivity (Wildman–Crippen MR) is 44.6 cm³/mol. The maximum Gasteiger partial charge on any atom is 0.509 e. The number of hydrogen-bond acceptors (Lipinski definition) is 1. The highest BCUT2D eigenvalue weighted by Gasteiger charge is 2.26. The van der Waals surface area contributed by atoms with Gasteiger partial charge in [-0.2, -0.15) is 5.26 Å². The second kappa shape index (κ2) is 3.13. The molecule has 0 unspecified atom stereocenters. The molecule has 5 heteroatoms. The third-order valence-electron chi connectivity index (χ3n) is 1.75. The number of nitrogens with zero attached hydrogens (tertiary/aromatic N) is 1. The van der Waals surface area contributed by atoms with E-state index >= 15 is 0 Å². The van der Waals surface area contributed by atoms with Gasteiger partial charge in [0.2, 0.25) is 0 Å². The SMILES string of the molecule is Cc1cc(C#N)ccc1[B-](F)(F)F. The summed E-state index contributed by atoms with van der Waals surface area (Å²) in [6.07, 6.45) is 0. The summed E-state index contributed by atoms with van der Waals surface area (Å²) in [5, 5.41) is 8.43. The Morgan fingerprint density at radius 3 is 2.31 bits per heavy atom. The second-order valence-electron chi connectivity index (χ2n) is 2.76. The van der Waals surface area contributed by atoms with Crippen LogP contribution in [0.25, 0.3) is 0 Å². The van der Waals surface area contributed by atoms with Crippen molar-refractivity contribution in [3.05, 3.63) is 29.3 Å². The molecule has 1 rings (SSSR count). The van der Waals surface area contributed by atoms with Crippen molar-refractivity contribution < 1.29 is 12.9 Å². The van der Waals surface area contributed by atoms with E-state index < -0.39 is 12.4 Å². The lowest BCUT2D eigenvalue weighted by molar-refractivity contribution is 0.500. The molecule has 1 nitrogen and oxygen atoms in total. The van der Waals surface area contributed by atoms with Crippen LogP contribution in [0, 0.1) is 18.3 Å². The first-order chi connectivity index (χ1) is 5.95. The molecule has 68 valence electrons. The molecule has 0 aromatic heterocycles. The smallest absolute Gasteiger partial charge is 0.445 e. The average molecular weight is 184 g/mol. The van der Waals surface area contributed by atoms with Gasteiger partial charge in [0.25, 0.3) is 0 Å². The summed E-state index contributed by atoms with van der Waals surface area (Å²) >= 11 is 0. The lowest BCUT2D eigenvalue weighted by Gasteiger charge is -2.17. The van der Waals surface area contributed by atoms with Crippen LogP contribution >= 0.6 is 0 Å². The number of rotatable bonds is 1. The minimum atomic E-state index is -4.96. The van der Waals surface area contributed by atoms with E-state index in [1.54, 1.807) is 6.07 Å². The van der Waals surface area contributed by atoms with Gasteiger partial charge in [-0.3, -0.25) is 0 Å². The molecule has 0 fully saturated rings. The van der Waals surface area contributed by atoms with Crippen LogP contribution in [0.15, 0.2) is 18.2 Å². The molecule has 13 heavy (non-hydrogen) atoms. The molecule has 0 amide bonds. The van der Waals surface area contributed by atoms with Crippen molar-refractivity contribution in [2.45, 2.75) is 6.92 Å². The van der Waals surface area contributed by atoms with Crippen LogP contribution in [0.5, 0.6) is 0 Å². The van der Waals surface area contributed by atoms with Gasteiger partial charge in [-0.15, -0.1) is 5.46 Å². The zero-order valence-corrected chi connectivity index (χ0v) is 6.89. The van der Waals surface area contributed by atoms with Gasteiger partial charge in [0.1, 0.15) is 0 Å². The molecule has 0 aliphatic carbocycles. The van der Waals surface area contributed by atoms with Crippen LogP contribution in [-0.4, -0.2) is 6.98 Å². The Kier molecular flexibility index (Phi) is 2.33. The number of nitriles is 1. The van der Waals surface area contributed by atoms with Crippen molar-refractivity contribution in [3.63, 3.8) is 0 Å². The van der Waals surface area contributed by atoms with Crippen molar-refractivity contribution in [3.8, 4) is 6.07 Å². The zero-order valence-electron chi connectivity index (χ0n) is 6.89. The summed E-state index contributed by atoms with van der Waals surface area (Å²) < 4.78 is 36.8. The molecule has 0 heterocycles. The van der Waals surface area contributed by atoms with Crippen LogP contribution in [0.4, 0.5) is 12.9 Å². The van der Waals surface area contributed by atoms with Gasteiger partial charge >= 0.3 is 6.98 Å². The highest BCUT2D eigenvalue weighted by atomic mass is 19.4. The number of benzene rings is 1. The molecule has 0 aliphatic heterocycles. The highest BCUT2D eigenvalue weighted by molar-refractivity contribution is 6.74. The summed E-state index contributed by atoms with van der Waals surface area (Å²) in [4.78, 5) is 0. The Morgan fingerprint density at radius 2 is 1.92 bits per heavy atom. The molecular formula is C8H6BF3N-. The number of halogens is 3. The second-order valence-corrected chi connectivity index (χ2v) is 2.76. The Balaban J connectivity index is 3.23. The summed E-state index contributed by atoms with van der Waals surface area (Å²) in [5.74, 6) is 0. The Morgan fingerprint density at radius 1 is 1.31 bits per heavy atom. The number of hydrogen-bond donors (Lipinski definition) is 0. The Hall–Kier alpha value is -1.44. The topological polar surface area (TPSA) is 23.8 Å². The molecule has 0 spiro atoms. The standard InChI is InChI=1S/C8H6BF3N/c1-6-4-7(5-13)2-3-8(6)9(10,11)12/h2-4H,1H3/q-1. The van der Waals surface area contributed by atoms with Crippen molar-refractivity contribution in [2.75, 3.05) is 0 Å². The molecule has 0 aliphatic rings. The normalized spacial score (nSPS) is 11.0. The third kappa shape index (κ3) is 2.02. The van der Waals surface area contributed by atoms with E-state index in [0.29, 0.717) is 0 Å². The van der Waals surface area contributed by atoms with Gasteiger partial charge in [-0.05, 0) is 19.1 Å². The van der Waals surface area contributed by atoms with E-state index in [2.05, 4.69) is 0 Å². The Labute approximate surface area is 73.9 Å². The van der Waals surface area contributed by atoms with Gasteiger partial charge in [-0.25, -0.2) is 0 Å². The van der Waals surface area contributed by atoms with Crippen LogP contribution in [0.2, 0.25) is 0 Å². The summed E-state index contributed by atoms with van der Waals surface area (Å²) in [5.41, 5.74) is -0.271. The van der Waals surface area contributed by atoms with Crippen molar-refractivity contribution in [2.24, 2.45) is 0 Å². The monoisotopic (exact) mass is 184 g/mol. The molecule has 0 N–H and O–H groups in total. The quantitative estimate of drug-likeness (QED) is 0.611. The molecular weight excluding hydrogens is 178 g/mol.